The van der Waals surface area contributed by atoms with Crippen molar-refractivity contribution >= 4 is 32.6 Å². The summed E-state index contributed by atoms with van der Waals surface area (Å²) in [5, 5.41) is 4.93. The first-order valence-electron chi connectivity index (χ1n) is 9.84. The van der Waals surface area contributed by atoms with Crippen LogP contribution >= 0.6 is 11.3 Å². The Labute approximate surface area is 179 Å². The van der Waals surface area contributed by atoms with Crippen molar-refractivity contribution in [3.8, 4) is 5.75 Å². The number of hydrogen-bond donors (Lipinski definition) is 0. The summed E-state index contributed by atoms with van der Waals surface area (Å²) in [6.07, 6.45) is 3.62. The summed E-state index contributed by atoms with van der Waals surface area (Å²) in [5.41, 5.74) is 4.39. The van der Waals surface area contributed by atoms with E-state index >= 15 is 0 Å². The quantitative estimate of drug-likeness (QED) is 0.441. The maximum absolute atomic E-state index is 13.1. The Balaban J connectivity index is 1.57. The van der Waals surface area contributed by atoms with E-state index in [1.54, 1.807) is 11.1 Å². The van der Waals surface area contributed by atoms with E-state index < -0.39 is 0 Å². The van der Waals surface area contributed by atoms with Crippen molar-refractivity contribution in [1.82, 2.24) is 14.8 Å². The van der Waals surface area contributed by atoms with Crippen LogP contribution < -0.4 is 9.64 Å². The summed E-state index contributed by atoms with van der Waals surface area (Å²) in [4.78, 5) is 19.6. The molecule has 0 saturated heterocycles. The zero-order chi connectivity index (χ0) is 21.1. The molecule has 4 rings (SSSR count). The summed E-state index contributed by atoms with van der Waals surface area (Å²) in [6, 6.07) is 13.8. The highest BCUT2D eigenvalue weighted by Crippen LogP contribution is 2.32. The normalized spacial score (nSPS) is 11.0. The molecule has 0 fully saturated rings. The average Bonchev–Trinajstić information content (AvgIpc) is 3.38. The van der Waals surface area contributed by atoms with Gasteiger partial charge in [0, 0.05) is 18.9 Å². The highest BCUT2D eigenvalue weighted by atomic mass is 32.1. The molecule has 2 heterocycles. The van der Waals surface area contributed by atoms with E-state index in [2.05, 4.69) is 31.1 Å². The molecule has 6 nitrogen and oxygen atoms in total. The SMILES string of the molecule is Cc1ccc(OCC(=O)N(CCn2cccn2)c2nc3c(C)cc(C)cc3s2)cc1. The number of aromatic nitrogens is 3. The minimum Gasteiger partial charge on any atom is -0.484 e. The third kappa shape index (κ3) is 4.52. The first-order chi connectivity index (χ1) is 14.5. The maximum atomic E-state index is 13.1. The molecule has 4 aromatic rings. The van der Waals surface area contributed by atoms with Crippen LogP contribution in [0.2, 0.25) is 0 Å². The van der Waals surface area contributed by atoms with Crippen molar-refractivity contribution in [1.29, 1.82) is 0 Å². The molecular formula is C23H24N4O2S. The van der Waals surface area contributed by atoms with Gasteiger partial charge in [0.15, 0.2) is 11.7 Å². The van der Waals surface area contributed by atoms with Gasteiger partial charge in [-0.15, -0.1) is 0 Å². The summed E-state index contributed by atoms with van der Waals surface area (Å²) < 4.78 is 8.63. The van der Waals surface area contributed by atoms with Gasteiger partial charge < -0.3 is 4.74 Å². The number of amides is 1. The van der Waals surface area contributed by atoms with Crippen LogP contribution in [0.5, 0.6) is 5.75 Å². The van der Waals surface area contributed by atoms with Gasteiger partial charge in [-0.1, -0.05) is 35.1 Å². The van der Waals surface area contributed by atoms with Crippen molar-refractivity contribution in [2.45, 2.75) is 27.3 Å². The molecule has 2 aromatic heterocycles. The van der Waals surface area contributed by atoms with Gasteiger partial charge in [0.05, 0.1) is 16.8 Å². The molecule has 0 atom stereocenters. The molecular weight excluding hydrogens is 396 g/mol. The number of aryl methyl sites for hydroxylation is 3. The molecule has 0 aliphatic rings. The first kappa shape index (κ1) is 20.1. The van der Waals surface area contributed by atoms with Crippen molar-refractivity contribution in [2.24, 2.45) is 0 Å². The number of carbonyl (C=O) groups excluding carboxylic acids is 1. The molecule has 2 aromatic carbocycles. The Morgan fingerprint density at radius 3 is 2.67 bits per heavy atom. The lowest BCUT2D eigenvalue weighted by molar-refractivity contribution is -0.120. The van der Waals surface area contributed by atoms with Gasteiger partial charge in [-0.2, -0.15) is 5.10 Å². The zero-order valence-electron chi connectivity index (χ0n) is 17.3. The molecule has 30 heavy (non-hydrogen) atoms. The van der Waals surface area contributed by atoms with Crippen molar-refractivity contribution in [3.05, 3.63) is 71.5 Å². The average molecular weight is 421 g/mol. The Bertz CT molecular complexity index is 1150. The number of carbonyl (C=O) groups is 1. The molecule has 7 heteroatoms. The van der Waals surface area contributed by atoms with E-state index in [1.165, 1.54) is 16.9 Å². The third-order valence-corrected chi connectivity index (χ3v) is 5.87. The third-order valence-electron chi connectivity index (χ3n) is 4.85. The monoisotopic (exact) mass is 420 g/mol. The molecule has 0 N–H and O–H groups in total. The van der Waals surface area contributed by atoms with Gasteiger partial charge in [-0.05, 0) is 56.2 Å². The number of fused-ring (bicyclic) bond motifs is 1. The summed E-state index contributed by atoms with van der Waals surface area (Å²) >= 11 is 1.53. The van der Waals surface area contributed by atoms with Gasteiger partial charge in [-0.3, -0.25) is 14.4 Å². The standard InChI is InChI=1S/C23H24N4O2S/c1-16-5-7-19(8-6-16)29-15-21(28)27(12-11-26-10-4-9-24-26)23-25-22-18(3)13-17(2)14-20(22)30-23/h4-10,13-14H,11-12,15H2,1-3H3. The van der Waals surface area contributed by atoms with E-state index in [1.807, 2.05) is 48.1 Å². The lowest BCUT2D eigenvalue weighted by atomic mass is 10.1. The number of rotatable bonds is 7. The van der Waals surface area contributed by atoms with E-state index in [4.69, 9.17) is 9.72 Å². The van der Waals surface area contributed by atoms with Crippen LogP contribution in [0.25, 0.3) is 10.2 Å². The Kier molecular flexibility index (Phi) is 5.81. The van der Waals surface area contributed by atoms with Crippen molar-refractivity contribution in [2.75, 3.05) is 18.1 Å². The number of anilines is 1. The van der Waals surface area contributed by atoms with Gasteiger partial charge in [0.25, 0.3) is 5.91 Å². The van der Waals surface area contributed by atoms with E-state index in [-0.39, 0.29) is 12.5 Å². The highest BCUT2D eigenvalue weighted by Gasteiger charge is 2.21. The van der Waals surface area contributed by atoms with E-state index in [0.29, 0.717) is 24.0 Å². The fourth-order valence-electron chi connectivity index (χ4n) is 3.29. The molecule has 0 unspecified atom stereocenters. The molecule has 154 valence electrons. The van der Waals surface area contributed by atoms with E-state index in [0.717, 1.165) is 21.3 Å². The second kappa shape index (κ2) is 8.67. The molecule has 0 spiro atoms. The highest BCUT2D eigenvalue weighted by molar-refractivity contribution is 7.22. The minimum atomic E-state index is -0.129. The molecule has 0 aliphatic carbocycles. The summed E-state index contributed by atoms with van der Waals surface area (Å²) in [5.74, 6) is 0.549. The van der Waals surface area contributed by atoms with Gasteiger partial charge in [-0.25, -0.2) is 4.98 Å². The molecule has 0 aliphatic heterocycles. The maximum Gasteiger partial charge on any atom is 0.266 e. The van der Waals surface area contributed by atoms with Crippen molar-refractivity contribution in [3.63, 3.8) is 0 Å². The lowest BCUT2D eigenvalue weighted by Crippen LogP contribution is -2.37. The Hall–Kier alpha value is -3.19. The second-order valence-electron chi connectivity index (χ2n) is 7.34. The molecule has 0 saturated carbocycles. The lowest BCUT2D eigenvalue weighted by Gasteiger charge is -2.20. The molecule has 0 radical (unpaired) electrons. The molecule has 1 amide bonds. The van der Waals surface area contributed by atoms with Gasteiger partial charge >= 0.3 is 0 Å². The van der Waals surface area contributed by atoms with Crippen LogP contribution in [0.1, 0.15) is 16.7 Å². The van der Waals surface area contributed by atoms with Crippen LogP contribution in [0.4, 0.5) is 5.13 Å². The summed E-state index contributed by atoms with van der Waals surface area (Å²) in [7, 11) is 0. The van der Waals surface area contributed by atoms with Gasteiger partial charge in [0.1, 0.15) is 5.75 Å². The van der Waals surface area contributed by atoms with Gasteiger partial charge in [0.2, 0.25) is 0 Å². The largest absolute Gasteiger partial charge is 0.484 e. The van der Waals surface area contributed by atoms with Crippen molar-refractivity contribution < 1.29 is 9.53 Å². The van der Waals surface area contributed by atoms with Crippen LogP contribution in [0.3, 0.4) is 0 Å². The number of hydrogen-bond acceptors (Lipinski definition) is 5. The second-order valence-corrected chi connectivity index (χ2v) is 8.35. The zero-order valence-corrected chi connectivity index (χ0v) is 18.1. The minimum absolute atomic E-state index is 0.0455. The predicted octanol–water partition coefficient (Wildman–Crippen LogP) is 4.53. The fourth-order valence-corrected chi connectivity index (χ4v) is 4.48. The topological polar surface area (TPSA) is 60.2 Å². The van der Waals surface area contributed by atoms with Crippen LogP contribution in [0, 0.1) is 20.8 Å². The number of thiazole rings is 1. The number of benzene rings is 2. The van der Waals surface area contributed by atoms with Crippen LogP contribution in [-0.2, 0) is 11.3 Å². The van der Waals surface area contributed by atoms with Crippen LogP contribution in [0.15, 0.2) is 54.9 Å². The predicted molar refractivity (Wildman–Crippen MR) is 120 cm³/mol. The fraction of sp³-hybridized carbons (Fsp3) is 0.261. The summed E-state index contributed by atoms with van der Waals surface area (Å²) in [6.45, 7) is 7.14. The number of nitrogens with zero attached hydrogens (tertiary/aromatic N) is 4. The van der Waals surface area contributed by atoms with Crippen LogP contribution in [-0.4, -0.2) is 33.8 Å². The van der Waals surface area contributed by atoms with E-state index in [9.17, 15) is 4.79 Å². The first-order valence-corrected chi connectivity index (χ1v) is 10.7. The smallest absolute Gasteiger partial charge is 0.266 e. The Morgan fingerprint density at radius 1 is 1.13 bits per heavy atom. The Morgan fingerprint density at radius 2 is 1.93 bits per heavy atom. The number of ether oxygens (including phenoxy) is 1. The molecule has 0 bridgehead atoms.